The number of carbonyl (C=O) groups excluding carboxylic acids is 1. The molecule has 0 heterocycles. The molecule has 5 heteroatoms. The normalized spacial score (nSPS) is 11.1. The van der Waals surface area contributed by atoms with Crippen LogP contribution in [0.1, 0.15) is 12.0 Å². The van der Waals surface area contributed by atoms with E-state index in [1.807, 2.05) is 30.3 Å². The van der Waals surface area contributed by atoms with Crippen LogP contribution in [0.5, 0.6) is 0 Å². The molecule has 0 unspecified atom stereocenters. The Kier molecular flexibility index (Phi) is 4.15. The molecule has 0 radical (unpaired) electrons. The molecule has 0 aromatic heterocycles. The van der Waals surface area contributed by atoms with Gasteiger partial charge in [-0.1, -0.05) is 35.5 Å². The van der Waals surface area contributed by atoms with Gasteiger partial charge in [0.25, 0.3) is 0 Å². The summed E-state index contributed by atoms with van der Waals surface area (Å²) < 4.78 is 0. The van der Waals surface area contributed by atoms with Crippen molar-refractivity contribution in [1.82, 2.24) is 5.32 Å². The molecule has 15 heavy (non-hydrogen) atoms. The van der Waals surface area contributed by atoms with E-state index in [0.717, 1.165) is 5.56 Å². The Bertz CT molecular complexity index is 349. The van der Waals surface area contributed by atoms with Crippen LogP contribution in [0.25, 0.3) is 0 Å². The highest BCUT2D eigenvalue weighted by molar-refractivity contribution is 5.98. The van der Waals surface area contributed by atoms with Crippen molar-refractivity contribution in [3.05, 3.63) is 35.9 Å². The van der Waals surface area contributed by atoms with Gasteiger partial charge in [0.2, 0.25) is 5.91 Å². The topological polar surface area (TPSA) is 87.7 Å². The number of nitrogens with one attached hydrogen (secondary N) is 1. The van der Waals surface area contributed by atoms with Crippen LogP contribution in [-0.4, -0.2) is 17.0 Å². The van der Waals surface area contributed by atoms with Crippen molar-refractivity contribution >= 4 is 11.7 Å². The van der Waals surface area contributed by atoms with Crippen LogP contribution in [0.4, 0.5) is 0 Å². The Hall–Kier alpha value is -2.04. The second-order valence-corrected chi connectivity index (χ2v) is 3.03. The van der Waals surface area contributed by atoms with Gasteiger partial charge in [0.1, 0.15) is 5.84 Å². The van der Waals surface area contributed by atoms with Crippen LogP contribution in [0.3, 0.4) is 0 Å². The number of oxime groups is 1. The Morgan fingerprint density at radius 1 is 1.40 bits per heavy atom. The molecule has 4 N–H and O–H groups in total. The highest BCUT2D eigenvalue weighted by Gasteiger charge is 2.03. The quantitative estimate of drug-likeness (QED) is 0.290. The van der Waals surface area contributed by atoms with Gasteiger partial charge in [-0.2, -0.15) is 0 Å². The third kappa shape index (κ3) is 4.12. The summed E-state index contributed by atoms with van der Waals surface area (Å²) in [5.41, 5.74) is 6.19. The number of benzene rings is 1. The van der Waals surface area contributed by atoms with Gasteiger partial charge < -0.3 is 16.3 Å². The van der Waals surface area contributed by atoms with E-state index in [0.29, 0.717) is 6.54 Å². The molecule has 1 amide bonds. The highest BCUT2D eigenvalue weighted by atomic mass is 16.4. The van der Waals surface area contributed by atoms with Crippen LogP contribution in [0, 0.1) is 0 Å². The average Bonchev–Trinajstić information content (AvgIpc) is 2.27. The summed E-state index contributed by atoms with van der Waals surface area (Å²) in [5, 5.41) is 13.6. The molecule has 0 aliphatic rings. The molecule has 0 aliphatic heterocycles. The second kappa shape index (κ2) is 5.64. The lowest BCUT2D eigenvalue weighted by molar-refractivity contribution is -0.120. The first-order valence-corrected chi connectivity index (χ1v) is 4.49. The van der Waals surface area contributed by atoms with Crippen LogP contribution in [0.2, 0.25) is 0 Å². The fourth-order valence-electron chi connectivity index (χ4n) is 1.06. The summed E-state index contributed by atoms with van der Waals surface area (Å²) >= 11 is 0. The number of amides is 1. The standard InChI is InChI=1S/C10H13N3O2/c11-9(13-15)6-10(14)12-7-8-4-2-1-3-5-8/h1-5,15H,6-7H2,(H2,11,13)(H,12,14). The van der Waals surface area contributed by atoms with E-state index >= 15 is 0 Å². The molecule has 1 aromatic carbocycles. The predicted octanol–water partition coefficient (Wildman–Crippen LogP) is 0.439. The molecule has 5 nitrogen and oxygen atoms in total. The van der Waals surface area contributed by atoms with Gasteiger partial charge in [-0.25, -0.2) is 0 Å². The summed E-state index contributed by atoms with van der Waals surface area (Å²) in [6.07, 6.45) is -0.0939. The minimum Gasteiger partial charge on any atom is -0.409 e. The zero-order chi connectivity index (χ0) is 11.1. The molecular weight excluding hydrogens is 194 g/mol. The predicted molar refractivity (Wildman–Crippen MR) is 56.3 cm³/mol. The Morgan fingerprint density at radius 2 is 2.07 bits per heavy atom. The summed E-state index contributed by atoms with van der Waals surface area (Å²) in [5.74, 6) is -0.366. The number of carbonyl (C=O) groups is 1. The van der Waals surface area contributed by atoms with E-state index < -0.39 is 0 Å². The van der Waals surface area contributed by atoms with E-state index in [9.17, 15) is 4.79 Å². The Morgan fingerprint density at radius 3 is 2.67 bits per heavy atom. The van der Waals surface area contributed by atoms with Crippen molar-refractivity contribution in [1.29, 1.82) is 0 Å². The van der Waals surface area contributed by atoms with Crippen molar-refractivity contribution in [3.8, 4) is 0 Å². The monoisotopic (exact) mass is 207 g/mol. The van der Waals surface area contributed by atoms with E-state index in [1.165, 1.54) is 0 Å². The molecule has 0 spiro atoms. The minimum absolute atomic E-state index is 0.0939. The maximum Gasteiger partial charge on any atom is 0.227 e. The van der Waals surface area contributed by atoms with Crippen LogP contribution in [0.15, 0.2) is 35.5 Å². The third-order valence-electron chi connectivity index (χ3n) is 1.80. The summed E-state index contributed by atoms with van der Waals surface area (Å²) in [6, 6.07) is 9.51. The SMILES string of the molecule is N/C(CC(=O)NCc1ccccc1)=N\O. The lowest BCUT2D eigenvalue weighted by atomic mass is 10.2. The van der Waals surface area contributed by atoms with Crippen LogP contribution >= 0.6 is 0 Å². The second-order valence-electron chi connectivity index (χ2n) is 3.03. The van der Waals surface area contributed by atoms with Crippen molar-refractivity contribution in [2.24, 2.45) is 10.9 Å². The number of nitrogens with zero attached hydrogens (tertiary/aromatic N) is 1. The zero-order valence-corrected chi connectivity index (χ0v) is 8.18. The first kappa shape index (κ1) is 11.0. The fraction of sp³-hybridized carbons (Fsp3) is 0.200. The van der Waals surface area contributed by atoms with Crippen molar-refractivity contribution in [3.63, 3.8) is 0 Å². The maximum atomic E-state index is 11.2. The molecule has 0 bridgehead atoms. The van der Waals surface area contributed by atoms with E-state index in [4.69, 9.17) is 10.9 Å². The molecule has 0 saturated carbocycles. The molecule has 0 atom stereocenters. The van der Waals surface area contributed by atoms with Gasteiger partial charge in [-0.15, -0.1) is 0 Å². The molecule has 0 saturated heterocycles. The van der Waals surface area contributed by atoms with Crippen molar-refractivity contribution in [2.75, 3.05) is 0 Å². The van der Waals surface area contributed by atoms with Gasteiger partial charge >= 0.3 is 0 Å². The first-order chi connectivity index (χ1) is 7.22. The molecule has 0 fully saturated rings. The summed E-state index contributed by atoms with van der Waals surface area (Å²) in [6.45, 7) is 0.443. The van der Waals surface area contributed by atoms with Gasteiger partial charge in [0.05, 0.1) is 6.42 Å². The smallest absolute Gasteiger partial charge is 0.227 e. The number of hydrogen-bond acceptors (Lipinski definition) is 3. The maximum absolute atomic E-state index is 11.2. The minimum atomic E-state index is -0.269. The molecule has 0 aliphatic carbocycles. The third-order valence-corrected chi connectivity index (χ3v) is 1.80. The zero-order valence-electron chi connectivity index (χ0n) is 8.18. The number of rotatable bonds is 4. The summed E-state index contributed by atoms with van der Waals surface area (Å²) in [4.78, 5) is 11.2. The molecule has 80 valence electrons. The van der Waals surface area contributed by atoms with E-state index in [2.05, 4.69) is 10.5 Å². The first-order valence-electron chi connectivity index (χ1n) is 4.49. The highest BCUT2D eigenvalue weighted by Crippen LogP contribution is 1.97. The van der Waals surface area contributed by atoms with Gasteiger partial charge in [-0.05, 0) is 5.56 Å². The average molecular weight is 207 g/mol. The van der Waals surface area contributed by atoms with Crippen LogP contribution < -0.4 is 11.1 Å². The lowest BCUT2D eigenvalue weighted by Gasteiger charge is -2.03. The Labute approximate surface area is 87.6 Å². The number of nitrogens with two attached hydrogens (primary N) is 1. The van der Waals surface area contributed by atoms with Crippen LogP contribution in [-0.2, 0) is 11.3 Å². The molecule has 1 aromatic rings. The van der Waals surface area contributed by atoms with Crippen molar-refractivity contribution < 1.29 is 10.0 Å². The number of amidine groups is 1. The van der Waals surface area contributed by atoms with Gasteiger partial charge in [0, 0.05) is 6.54 Å². The van der Waals surface area contributed by atoms with E-state index in [-0.39, 0.29) is 18.2 Å². The molecular formula is C10H13N3O2. The Balaban J connectivity index is 2.35. The lowest BCUT2D eigenvalue weighted by Crippen LogP contribution is -2.28. The molecule has 1 rings (SSSR count). The fourth-order valence-corrected chi connectivity index (χ4v) is 1.06. The van der Waals surface area contributed by atoms with E-state index in [1.54, 1.807) is 0 Å². The largest absolute Gasteiger partial charge is 0.409 e. The number of hydrogen-bond donors (Lipinski definition) is 3. The summed E-state index contributed by atoms with van der Waals surface area (Å²) in [7, 11) is 0. The van der Waals surface area contributed by atoms with Gasteiger partial charge in [0.15, 0.2) is 0 Å². The van der Waals surface area contributed by atoms with Crippen molar-refractivity contribution in [2.45, 2.75) is 13.0 Å². The van der Waals surface area contributed by atoms with Gasteiger partial charge in [-0.3, -0.25) is 4.79 Å².